The number of imidazole rings is 1. The minimum Gasteiger partial charge on any atom is -0.374 e. The van der Waals surface area contributed by atoms with Crippen molar-refractivity contribution in [3.05, 3.63) is 35.9 Å². The number of fused-ring (bicyclic) bond motifs is 1. The highest BCUT2D eigenvalue weighted by Gasteiger charge is 2.39. The van der Waals surface area contributed by atoms with Crippen LogP contribution in [0.25, 0.3) is 5.52 Å². The van der Waals surface area contributed by atoms with Crippen LogP contribution in [0.5, 0.6) is 0 Å². The van der Waals surface area contributed by atoms with Gasteiger partial charge in [0.15, 0.2) is 5.69 Å². The van der Waals surface area contributed by atoms with Crippen LogP contribution in [-0.2, 0) is 4.74 Å². The first-order chi connectivity index (χ1) is 11.0. The fourth-order valence-corrected chi connectivity index (χ4v) is 3.32. The lowest BCUT2D eigenvalue weighted by atomic mass is 10.0. The van der Waals surface area contributed by atoms with E-state index in [2.05, 4.69) is 18.2 Å². The molecule has 122 valence electrons. The number of carbonyl (C=O) groups is 1. The van der Waals surface area contributed by atoms with E-state index in [4.69, 9.17) is 9.72 Å². The van der Waals surface area contributed by atoms with Crippen LogP contribution < -0.4 is 0 Å². The first kappa shape index (κ1) is 14.7. The van der Waals surface area contributed by atoms with Gasteiger partial charge in [0.25, 0.3) is 5.91 Å². The Hall–Kier alpha value is -1.88. The van der Waals surface area contributed by atoms with E-state index >= 15 is 0 Å². The van der Waals surface area contributed by atoms with Crippen molar-refractivity contribution in [3.8, 4) is 0 Å². The zero-order valence-electron chi connectivity index (χ0n) is 14.0. The van der Waals surface area contributed by atoms with Gasteiger partial charge in [-0.25, -0.2) is 4.98 Å². The number of hydrogen-bond acceptors (Lipinski definition) is 3. The van der Waals surface area contributed by atoms with Crippen LogP contribution in [0.2, 0.25) is 0 Å². The quantitative estimate of drug-likeness (QED) is 0.856. The summed E-state index contributed by atoms with van der Waals surface area (Å²) in [5, 5.41) is 0. The monoisotopic (exact) mass is 313 g/mol. The predicted octanol–water partition coefficient (Wildman–Crippen LogP) is 2.85. The number of ether oxygens (including phenoxy) is 1. The average molecular weight is 313 g/mol. The molecule has 1 saturated carbocycles. The molecule has 2 fully saturated rings. The molecular weight excluding hydrogens is 290 g/mol. The largest absolute Gasteiger partial charge is 0.374 e. The average Bonchev–Trinajstić information content (AvgIpc) is 3.30. The van der Waals surface area contributed by atoms with Gasteiger partial charge in [-0.15, -0.1) is 0 Å². The van der Waals surface area contributed by atoms with E-state index < -0.39 is 0 Å². The van der Waals surface area contributed by atoms with Crippen LogP contribution in [0.1, 0.15) is 55.8 Å². The molecule has 1 amide bonds. The van der Waals surface area contributed by atoms with Gasteiger partial charge in [0.05, 0.1) is 23.8 Å². The second-order valence-corrected chi connectivity index (χ2v) is 7.40. The van der Waals surface area contributed by atoms with E-state index in [0.717, 1.165) is 11.3 Å². The lowest BCUT2D eigenvalue weighted by Crippen LogP contribution is -2.57. The fraction of sp³-hybridized carbons (Fsp3) is 0.556. The normalized spacial score (nSPS) is 24.1. The molecule has 1 unspecified atom stereocenters. The summed E-state index contributed by atoms with van der Waals surface area (Å²) in [7, 11) is 0. The van der Waals surface area contributed by atoms with Crippen molar-refractivity contribution < 1.29 is 9.53 Å². The molecule has 4 rings (SSSR count). The Morgan fingerprint density at radius 2 is 2.13 bits per heavy atom. The molecule has 1 aliphatic heterocycles. The number of aromatic nitrogens is 2. The molecule has 2 aromatic heterocycles. The number of amides is 1. The number of morpholine rings is 1. The summed E-state index contributed by atoms with van der Waals surface area (Å²) in [6.45, 7) is 7.28. The van der Waals surface area contributed by atoms with Crippen molar-refractivity contribution in [1.29, 1.82) is 0 Å². The number of pyridine rings is 1. The van der Waals surface area contributed by atoms with Crippen molar-refractivity contribution in [1.82, 2.24) is 14.3 Å². The van der Waals surface area contributed by atoms with Gasteiger partial charge < -0.3 is 14.0 Å². The third kappa shape index (κ3) is 2.43. The summed E-state index contributed by atoms with van der Waals surface area (Å²) in [5.41, 5.74) is 1.18. The van der Waals surface area contributed by atoms with Crippen molar-refractivity contribution >= 4 is 11.4 Å². The Morgan fingerprint density at radius 1 is 1.35 bits per heavy atom. The van der Waals surface area contributed by atoms with Gasteiger partial charge >= 0.3 is 0 Å². The van der Waals surface area contributed by atoms with Crippen molar-refractivity contribution in [2.75, 3.05) is 13.2 Å². The Morgan fingerprint density at radius 3 is 2.87 bits per heavy atom. The first-order valence-electron chi connectivity index (χ1n) is 8.38. The van der Waals surface area contributed by atoms with E-state index in [1.807, 2.05) is 36.2 Å². The van der Waals surface area contributed by atoms with Gasteiger partial charge in [0, 0.05) is 18.7 Å². The molecule has 0 radical (unpaired) electrons. The summed E-state index contributed by atoms with van der Waals surface area (Å²) in [5.74, 6) is 1.55. The zero-order valence-corrected chi connectivity index (χ0v) is 14.0. The van der Waals surface area contributed by atoms with E-state index in [1.54, 1.807) is 0 Å². The molecule has 1 saturated heterocycles. The van der Waals surface area contributed by atoms with Gasteiger partial charge in [0.1, 0.15) is 5.82 Å². The lowest BCUT2D eigenvalue weighted by Gasteiger charge is -2.44. The van der Waals surface area contributed by atoms with E-state index in [9.17, 15) is 4.79 Å². The fourth-order valence-electron chi connectivity index (χ4n) is 3.32. The standard InChI is InChI=1S/C18H23N3O2/c1-12-10-21(18(2,3)11-23-12)17(22)15-14-6-4-5-9-20(14)16(19-15)13-7-8-13/h4-6,9,12-13H,7-8,10-11H2,1-3H3. The number of carbonyl (C=O) groups excluding carboxylic acids is 1. The molecule has 0 bridgehead atoms. The zero-order chi connectivity index (χ0) is 16.2. The molecule has 5 nitrogen and oxygen atoms in total. The van der Waals surface area contributed by atoms with Gasteiger partial charge in [-0.2, -0.15) is 0 Å². The van der Waals surface area contributed by atoms with Gasteiger partial charge in [-0.3, -0.25) is 4.79 Å². The minimum atomic E-state index is -0.311. The summed E-state index contributed by atoms with van der Waals surface area (Å²) >= 11 is 0. The predicted molar refractivity (Wildman–Crippen MR) is 87.7 cm³/mol. The molecule has 23 heavy (non-hydrogen) atoms. The van der Waals surface area contributed by atoms with Crippen molar-refractivity contribution in [3.63, 3.8) is 0 Å². The van der Waals surface area contributed by atoms with Crippen LogP contribution in [0.3, 0.4) is 0 Å². The summed E-state index contributed by atoms with van der Waals surface area (Å²) in [4.78, 5) is 19.9. The Balaban J connectivity index is 1.77. The summed E-state index contributed by atoms with van der Waals surface area (Å²) in [6, 6.07) is 5.95. The molecule has 1 aliphatic carbocycles. The summed E-state index contributed by atoms with van der Waals surface area (Å²) < 4.78 is 7.82. The molecule has 5 heteroatoms. The minimum absolute atomic E-state index is 0.0146. The Kier molecular flexibility index (Phi) is 3.23. The van der Waals surface area contributed by atoms with Crippen molar-refractivity contribution in [2.24, 2.45) is 0 Å². The van der Waals surface area contributed by atoms with Crippen LogP contribution in [0.15, 0.2) is 24.4 Å². The van der Waals surface area contributed by atoms with Crippen LogP contribution in [0.4, 0.5) is 0 Å². The lowest BCUT2D eigenvalue weighted by molar-refractivity contribution is -0.0756. The molecule has 3 heterocycles. The van der Waals surface area contributed by atoms with E-state index in [0.29, 0.717) is 24.8 Å². The van der Waals surface area contributed by atoms with Gasteiger partial charge in [-0.05, 0) is 45.7 Å². The highest BCUT2D eigenvalue weighted by molar-refractivity contribution is 5.99. The number of nitrogens with zero attached hydrogens (tertiary/aromatic N) is 3. The topological polar surface area (TPSA) is 46.8 Å². The van der Waals surface area contributed by atoms with E-state index in [1.165, 1.54) is 12.8 Å². The maximum atomic E-state index is 13.2. The third-order valence-corrected chi connectivity index (χ3v) is 4.86. The Bertz CT molecular complexity index is 761. The molecule has 2 aliphatic rings. The highest BCUT2D eigenvalue weighted by Crippen LogP contribution is 2.40. The van der Waals surface area contributed by atoms with Crippen molar-refractivity contribution in [2.45, 2.75) is 51.2 Å². The molecule has 0 N–H and O–H groups in total. The number of rotatable bonds is 2. The molecule has 0 spiro atoms. The molecular formula is C18H23N3O2. The third-order valence-electron chi connectivity index (χ3n) is 4.86. The first-order valence-corrected chi connectivity index (χ1v) is 8.38. The SMILES string of the molecule is CC1CN(C(=O)c2nc(C3CC3)n3ccccc23)C(C)(C)CO1. The van der Waals surface area contributed by atoms with Gasteiger partial charge in [0.2, 0.25) is 0 Å². The second-order valence-electron chi connectivity index (χ2n) is 7.40. The second kappa shape index (κ2) is 5.06. The summed E-state index contributed by atoms with van der Waals surface area (Å²) in [6.07, 6.45) is 4.41. The Labute approximate surface area is 136 Å². The van der Waals surface area contributed by atoms with Gasteiger partial charge in [-0.1, -0.05) is 6.07 Å². The number of hydrogen-bond donors (Lipinski definition) is 0. The highest BCUT2D eigenvalue weighted by atomic mass is 16.5. The van der Waals surface area contributed by atoms with E-state index in [-0.39, 0.29) is 17.6 Å². The smallest absolute Gasteiger partial charge is 0.275 e. The maximum absolute atomic E-state index is 13.2. The van der Waals surface area contributed by atoms with Crippen LogP contribution >= 0.6 is 0 Å². The molecule has 1 atom stereocenters. The maximum Gasteiger partial charge on any atom is 0.275 e. The van der Waals surface area contributed by atoms with Crippen LogP contribution in [-0.4, -0.2) is 45.0 Å². The molecule has 0 aromatic carbocycles. The molecule has 2 aromatic rings. The van der Waals surface area contributed by atoms with Crippen LogP contribution in [0, 0.1) is 0 Å².